The number of amides is 2. The first kappa shape index (κ1) is 21.5. The topological polar surface area (TPSA) is 77.1 Å². The van der Waals surface area contributed by atoms with Crippen molar-refractivity contribution in [1.29, 1.82) is 0 Å². The number of carbonyl (C=O) groups excluding carboxylic acids is 2. The van der Waals surface area contributed by atoms with Crippen molar-refractivity contribution < 1.29 is 23.8 Å². The SMILES string of the molecule is O=C(COc1ccc(Cl)cc1)Nc1ccc2c(c1)N(CCOc1ccccc1)C(=O)CO2. The summed E-state index contributed by atoms with van der Waals surface area (Å²) in [5.41, 5.74) is 1.11. The number of para-hydroxylation sites is 1. The minimum atomic E-state index is -0.332. The molecule has 2 amide bonds. The normalized spacial score (nSPS) is 12.5. The maximum atomic E-state index is 12.4. The van der Waals surface area contributed by atoms with Crippen LogP contribution in [0.15, 0.2) is 72.8 Å². The van der Waals surface area contributed by atoms with E-state index < -0.39 is 0 Å². The van der Waals surface area contributed by atoms with E-state index in [1.54, 1.807) is 47.4 Å². The van der Waals surface area contributed by atoms with E-state index in [9.17, 15) is 9.59 Å². The third-order valence-electron chi connectivity index (χ3n) is 4.70. The average Bonchev–Trinajstić information content (AvgIpc) is 2.81. The van der Waals surface area contributed by atoms with Gasteiger partial charge in [-0.3, -0.25) is 9.59 Å². The van der Waals surface area contributed by atoms with Crippen LogP contribution in [0.5, 0.6) is 17.2 Å². The van der Waals surface area contributed by atoms with Crippen molar-refractivity contribution in [1.82, 2.24) is 0 Å². The summed E-state index contributed by atoms with van der Waals surface area (Å²) in [7, 11) is 0. The fourth-order valence-electron chi connectivity index (χ4n) is 3.17. The molecule has 0 saturated carbocycles. The molecule has 0 atom stereocenters. The Labute approximate surface area is 190 Å². The lowest BCUT2D eigenvalue weighted by Gasteiger charge is -2.29. The molecule has 0 aliphatic carbocycles. The van der Waals surface area contributed by atoms with E-state index in [1.807, 2.05) is 30.3 Å². The van der Waals surface area contributed by atoms with E-state index in [4.69, 9.17) is 25.8 Å². The highest BCUT2D eigenvalue weighted by Gasteiger charge is 2.26. The Balaban J connectivity index is 1.38. The Bertz CT molecular complexity index is 1090. The number of hydrogen-bond acceptors (Lipinski definition) is 5. The van der Waals surface area contributed by atoms with Crippen LogP contribution in [0.1, 0.15) is 0 Å². The second-order valence-electron chi connectivity index (χ2n) is 6.97. The molecule has 7 nitrogen and oxygen atoms in total. The second-order valence-corrected chi connectivity index (χ2v) is 7.41. The first-order valence-electron chi connectivity index (χ1n) is 10.0. The number of nitrogens with zero attached hydrogens (tertiary/aromatic N) is 1. The highest BCUT2D eigenvalue weighted by atomic mass is 35.5. The molecule has 0 spiro atoms. The van der Waals surface area contributed by atoms with Gasteiger partial charge in [0.05, 0.1) is 12.2 Å². The molecule has 8 heteroatoms. The molecule has 3 aromatic rings. The molecule has 0 unspecified atom stereocenters. The molecule has 3 aromatic carbocycles. The van der Waals surface area contributed by atoms with Gasteiger partial charge < -0.3 is 24.4 Å². The van der Waals surface area contributed by atoms with Crippen LogP contribution < -0.4 is 24.4 Å². The summed E-state index contributed by atoms with van der Waals surface area (Å²) in [6.07, 6.45) is 0. The smallest absolute Gasteiger partial charge is 0.265 e. The molecule has 0 saturated heterocycles. The lowest BCUT2D eigenvalue weighted by Crippen LogP contribution is -2.41. The third-order valence-corrected chi connectivity index (χ3v) is 4.95. The molecule has 0 fully saturated rings. The predicted octanol–water partition coefficient (Wildman–Crippen LogP) is 4.16. The summed E-state index contributed by atoms with van der Waals surface area (Å²) < 4.78 is 16.7. The van der Waals surface area contributed by atoms with E-state index in [1.165, 1.54) is 0 Å². The van der Waals surface area contributed by atoms with E-state index in [-0.39, 0.29) is 25.0 Å². The van der Waals surface area contributed by atoms with Crippen molar-refractivity contribution in [2.75, 3.05) is 36.6 Å². The van der Waals surface area contributed by atoms with Crippen molar-refractivity contribution in [3.05, 3.63) is 77.8 Å². The number of ether oxygens (including phenoxy) is 3. The van der Waals surface area contributed by atoms with Crippen LogP contribution in [-0.4, -0.2) is 38.2 Å². The van der Waals surface area contributed by atoms with E-state index in [0.29, 0.717) is 41.0 Å². The van der Waals surface area contributed by atoms with Gasteiger partial charge in [-0.05, 0) is 54.6 Å². The predicted molar refractivity (Wildman–Crippen MR) is 122 cm³/mol. The van der Waals surface area contributed by atoms with Crippen LogP contribution in [-0.2, 0) is 9.59 Å². The van der Waals surface area contributed by atoms with Gasteiger partial charge in [-0.2, -0.15) is 0 Å². The highest BCUT2D eigenvalue weighted by molar-refractivity contribution is 6.30. The molecule has 4 rings (SSSR count). The highest BCUT2D eigenvalue weighted by Crippen LogP contribution is 2.34. The van der Waals surface area contributed by atoms with Crippen LogP contribution in [0, 0.1) is 0 Å². The van der Waals surface area contributed by atoms with Crippen LogP contribution in [0.25, 0.3) is 0 Å². The fourth-order valence-corrected chi connectivity index (χ4v) is 3.30. The van der Waals surface area contributed by atoms with E-state index >= 15 is 0 Å². The molecule has 164 valence electrons. The standard InChI is InChI=1S/C24H21ClN2O5/c25-17-6-9-20(10-7-17)31-15-23(28)26-18-8-11-22-21(14-18)27(24(29)16-32-22)12-13-30-19-4-2-1-3-5-19/h1-11,14H,12-13,15-16H2,(H,26,28). The van der Waals surface area contributed by atoms with Crippen molar-refractivity contribution >= 4 is 34.8 Å². The van der Waals surface area contributed by atoms with Crippen LogP contribution >= 0.6 is 11.6 Å². The molecule has 1 aliphatic rings. The van der Waals surface area contributed by atoms with Gasteiger partial charge in [0.2, 0.25) is 0 Å². The summed E-state index contributed by atoms with van der Waals surface area (Å²) in [5.74, 6) is 1.33. The number of fused-ring (bicyclic) bond motifs is 1. The van der Waals surface area contributed by atoms with Crippen molar-refractivity contribution in [2.45, 2.75) is 0 Å². The maximum absolute atomic E-state index is 12.4. The fraction of sp³-hybridized carbons (Fsp3) is 0.167. The van der Waals surface area contributed by atoms with Gasteiger partial charge in [0, 0.05) is 10.7 Å². The molecular weight excluding hydrogens is 432 g/mol. The average molecular weight is 453 g/mol. The van der Waals surface area contributed by atoms with Crippen molar-refractivity contribution in [2.24, 2.45) is 0 Å². The Morgan fingerprint density at radius 3 is 2.53 bits per heavy atom. The van der Waals surface area contributed by atoms with Crippen molar-refractivity contribution in [3.8, 4) is 17.2 Å². The summed E-state index contributed by atoms with van der Waals surface area (Å²) in [6, 6.07) is 21.3. The second kappa shape index (κ2) is 10.1. The number of rotatable bonds is 8. The minimum Gasteiger partial charge on any atom is -0.492 e. The number of nitrogens with one attached hydrogen (secondary N) is 1. The summed E-state index contributed by atoms with van der Waals surface area (Å²) >= 11 is 5.84. The first-order chi connectivity index (χ1) is 15.6. The molecule has 0 bridgehead atoms. The lowest BCUT2D eigenvalue weighted by atomic mass is 10.2. The molecule has 0 radical (unpaired) electrons. The van der Waals surface area contributed by atoms with E-state index in [0.717, 1.165) is 5.75 Å². The number of halogens is 1. The number of carbonyl (C=O) groups is 2. The Hall–Kier alpha value is -3.71. The Kier molecular flexibility index (Phi) is 6.77. The number of anilines is 2. The number of benzene rings is 3. The molecule has 32 heavy (non-hydrogen) atoms. The van der Waals surface area contributed by atoms with Gasteiger partial charge in [-0.15, -0.1) is 0 Å². The summed E-state index contributed by atoms with van der Waals surface area (Å²) in [5, 5.41) is 3.37. The Morgan fingerprint density at radius 2 is 1.75 bits per heavy atom. The molecular formula is C24H21ClN2O5. The molecule has 0 aromatic heterocycles. The third kappa shape index (κ3) is 5.50. The van der Waals surface area contributed by atoms with Gasteiger partial charge in [-0.25, -0.2) is 0 Å². The van der Waals surface area contributed by atoms with E-state index in [2.05, 4.69) is 5.32 Å². The van der Waals surface area contributed by atoms with Crippen LogP contribution in [0.3, 0.4) is 0 Å². The summed E-state index contributed by atoms with van der Waals surface area (Å²) in [6.45, 7) is 0.462. The monoisotopic (exact) mass is 452 g/mol. The minimum absolute atomic E-state index is 0.0427. The molecule has 1 N–H and O–H groups in total. The zero-order chi connectivity index (χ0) is 22.3. The van der Waals surface area contributed by atoms with Crippen molar-refractivity contribution in [3.63, 3.8) is 0 Å². The maximum Gasteiger partial charge on any atom is 0.265 e. The lowest BCUT2D eigenvalue weighted by molar-refractivity contribution is -0.121. The van der Waals surface area contributed by atoms with Gasteiger partial charge in [0.25, 0.3) is 11.8 Å². The largest absolute Gasteiger partial charge is 0.492 e. The van der Waals surface area contributed by atoms with Gasteiger partial charge in [0.15, 0.2) is 13.2 Å². The summed E-state index contributed by atoms with van der Waals surface area (Å²) in [4.78, 5) is 26.3. The quantitative estimate of drug-likeness (QED) is 0.555. The molecule has 1 aliphatic heterocycles. The zero-order valence-electron chi connectivity index (χ0n) is 17.1. The van der Waals surface area contributed by atoms with Gasteiger partial charge >= 0.3 is 0 Å². The van der Waals surface area contributed by atoms with Gasteiger partial charge in [-0.1, -0.05) is 29.8 Å². The Morgan fingerprint density at radius 1 is 1.00 bits per heavy atom. The van der Waals surface area contributed by atoms with Crippen LogP contribution in [0.4, 0.5) is 11.4 Å². The first-order valence-corrected chi connectivity index (χ1v) is 10.4. The zero-order valence-corrected chi connectivity index (χ0v) is 17.9. The van der Waals surface area contributed by atoms with Gasteiger partial charge in [0.1, 0.15) is 23.9 Å². The van der Waals surface area contributed by atoms with Crippen LogP contribution in [0.2, 0.25) is 5.02 Å². The number of hydrogen-bond donors (Lipinski definition) is 1. The molecule has 1 heterocycles.